The van der Waals surface area contributed by atoms with Crippen LogP contribution in [0.2, 0.25) is 10.0 Å². The quantitative estimate of drug-likeness (QED) is 0.603. The van der Waals surface area contributed by atoms with Crippen molar-refractivity contribution in [3.63, 3.8) is 0 Å². The standard InChI is InChI=1S/C15H11Cl2NO3S/c1-3-5-18-14(19)12(22-15(18)20)8-9-6-10(16)13(21-4-2)11(17)7-9/h1,6-8H,4-5H2,2H3/b12-8-. The van der Waals surface area contributed by atoms with Gasteiger partial charge in [-0.15, -0.1) is 6.42 Å². The van der Waals surface area contributed by atoms with Crippen LogP contribution in [0.5, 0.6) is 5.75 Å². The third-order valence-corrected chi connectivity index (χ3v) is 4.20. The Morgan fingerprint density at radius 1 is 1.36 bits per heavy atom. The topological polar surface area (TPSA) is 46.6 Å². The number of hydrogen-bond donors (Lipinski definition) is 0. The number of carbonyl (C=O) groups is 2. The molecular weight excluding hydrogens is 345 g/mol. The Balaban J connectivity index is 2.33. The molecule has 0 aromatic heterocycles. The van der Waals surface area contributed by atoms with Crippen molar-refractivity contribution in [1.82, 2.24) is 4.90 Å². The predicted octanol–water partition coefficient (Wildman–Crippen LogP) is 4.06. The van der Waals surface area contributed by atoms with E-state index in [4.69, 9.17) is 34.4 Å². The van der Waals surface area contributed by atoms with Crippen molar-refractivity contribution in [2.75, 3.05) is 13.2 Å². The number of terminal acetylenes is 1. The van der Waals surface area contributed by atoms with Crippen LogP contribution in [0.1, 0.15) is 12.5 Å². The van der Waals surface area contributed by atoms with Gasteiger partial charge in [0, 0.05) is 0 Å². The molecule has 22 heavy (non-hydrogen) atoms. The van der Waals surface area contributed by atoms with Gasteiger partial charge in [0.05, 0.1) is 28.1 Å². The van der Waals surface area contributed by atoms with Gasteiger partial charge in [-0.3, -0.25) is 14.5 Å². The Kier molecular flexibility index (Phi) is 5.41. The average molecular weight is 356 g/mol. The zero-order chi connectivity index (χ0) is 16.3. The first-order chi connectivity index (χ1) is 10.5. The van der Waals surface area contributed by atoms with E-state index in [9.17, 15) is 9.59 Å². The lowest BCUT2D eigenvalue weighted by Gasteiger charge is -2.09. The molecule has 0 bridgehead atoms. The van der Waals surface area contributed by atoms with Gasteiger partial charge in [0.15, 0.2) is 5.75 Å². The van der Waals surface area contributed by atoms with Crippen molar-refractivity contribution in [2.45, 2.75) is 6.92 Å². The first-order valence-electron chi connectivity index (χ1n) is 6.28. The SMILES string of the molecule is C#CCN1C(=O)S/C(=C\c2cc(Cl)c(OCC)c(Cl)c2)C1=O. The molecule has 0 unspecified atom stereocenters. The van der Waals surface area contributed by atoms with Gasteiger partial charge >= 0.3 is 0 Å². The maximum absolute atomic E-state index is 12.1. The number of carbonyl (C=O) groups excluding carboxylic acids is 2. The first kappa shape index (κ1) is 16.8. The van der Waals surface area contributed by atoms with Crippen molar-refractivity contribution in [3.05, 3.63) is 32.6 Å². The normalized spacial score (nSPS) is 16.3. The summed E-state index contributed by atoms with van der Waals surface area (Å²) >= 11 is 13.0. The maximum atomic E-state index is 12.1. The van der Waals surface area contributed by atoms with E-state index in [1.807, 2.05) is 6.92 Å². The number of thioether (sulfide) groups is 1. The van der Waals surface area contributed by atoms with E-state index in [-0.39, 0.29) is 11.4 Å². The van der Waals surface area contributed by atoms with E-state index < -0.39 is 11.1 Å². The summed E-state index contributed by atoms with van der Waals surface area (Å²) in [7, 11) is 0. The highest BCUT2D eigenvalue weighted by Gasteiger charge is 2.34. The van der Waals surface area contributed by atoms with Crippen LogP contribution in [0.15, 0.2) is 17.0 Å². The summed E-state index contributed by atoms with van der Waals surface area (Å²) in [5.41, 5.74) is 0.602. The van der Waals surface area contributed by atoms with E-state index in [0.717, 1.165) is 16.7 Å². The molecule has 0 radical (unpaired) electrons. The Labute approximate surface area is 142 Å². The van der Waals surface area contributed by atoms with Crippen LogP contribution in [0.4, 0.5) is 4.79 Å². The number of benzene rings is 1. The van der Waals surface area contributed by atoms with E-state index in [2.05, 4.69) is 5.92 Å². The molecule has 1 aromatic rings. The minimum atomic E-state index is -0.422. The summed E-state index contributed by atoms with van der Waals surface area (Å²) < 4.78 is 5.34. The summed E-state index contributed by atoms with van der Waals surface area (Å²) in [6.45, 7) is 2.21. The highest BCUT2D eigenvalue weighted by atomic mass is 35.5. The van der Waals surface area contributed by atoms with Crippen molar-refractivity contribution in [2.24, 2.45) is 0 Å². The Bertz CT molecular complexity index is 686. The number of ether oxygens (including phenoxy) is 1. The fourth-order valence-corrected chi connectivity index (χ4v) is 3.28. The number of amides is 2. The van der Waals surface area contributed by atoms with Crippen molar-refractivity contribution in [1.29, 1.82) is 0 Å². The van der Waals surface area contributed by atoms with Gasteiger partial charge in [-0.25, -0.2) is 0 Å². The van der Waals surface area contributed by atoms with Crippen molar-refractivity contribution >= 4 is 52.2 Å². The molecular formula is C15H11Cl2NO3S. The average Bonchev–Trinajstić information content (AvgIpc) is 2.71. The lowest BCUT2D eigenvalue weighted by atomic mass is 10.2. The molecule has 0 spiro atoms. The van der Waals surface area contributed by atoms with Crippen LogP contribution < -0.4 is 4.74 Å². The van der Waals surface area contributed by atoms with Crippen LogP contribution >= 0.6 is 35.0 Å². The van der Waals surface area contributed by atoms with Gasteiger partial charge in [-0.2, -0.15) is 0 Å². The molecule has 114 valence electrons. The molecule has 0 N–H and O–H groups in total. The fourth-order valence-electron chi connectivity index (χ4n) is 1.82. The molecule has 7 heteroatoms. The lowest BCUT2D eigenvalue weighted by molar-refractivity contribution is -0.122. The molecule has 1 heterocycles. The summed E-state index contributed by atoms with van der Waals surface area (Å²) in [6.07, 6.45) is 6.69. The highest BCUT2D eigenvalue weighted by Crippen LogP contribution is 2.37. The molecule has 1 saturated heterocycles. The smallest absolute Gasteiger partial charge is 0.294 e. The number of halogens is 2. The summed E-state index contributed by atoms with van der Waals surface area (Å²) in [5, 5.41) is 0.282. The fraction of sp³-hybridized carbons (Fsp3) is 0.200. The number of rotatable bonds is 4. The van der Waals surface area contributed by atoms with Crippen LogP contribution in [0, 0.1) is 12.3 Å². The van der Waals surface area contributed by atoms with Gasteiger partial charge < -0.3 is 4.74 Å². The largest absolute Gasteiger partial charge is 0.491 e. The Morgan fingerprint density at radius 3 is 2.55 bits per heavy atom. The number of hydrogen-bond acceptors (Lipinski definition) is 4. The summed E-state index contributed by atoms with van der Waals surface area (Å²) in [4.78, 5) is 25.1. The van der Waals surface area contributed by atoms with Gasteiger partial charge in [0.1, 0.15) is 0 Å². The lowest BCUT2D eigenvalue weighted by Crippen LogP contribution is -2.28. The van der Waals surface area contributed by atoms with Crippen LogP contribution in [-0.2, 0) is 4.79 Å². The molecule has 1 fully saturated rings. The number of nitrogens with zero attached hydrogens (tertiary/aromatic N) is 1. The third-order valence-electron chi connectivity index (χ3n) is 2.73. The van der Waals surface area contributed by atoms with Crippen molar-refractivity contribution < 1.29 is 14.3 Å². The zero-order valence-electron chi connectivity index (χ0n) is 11.6. The van der Waals surface area contributed by atoms with Gasteiger partial charge in [-0.05, 0) is 42.5 Å². The van der Waals surface area contributed by atoms with Gasteiger partial charge in [0.2, 0.25) is 0 Å². The monoisotopic (exact) mass is 355 g/mol. The molecule has 1 aliphatic rings. The molecule has 2 rings (SSSR count). The predicted molar refractivity (Wildman–Crippen MR) is 89.1 cm³/mol. The van der Waals surface area contributed by atoms with Crippen molar-refractivity contribution in [3.8, 4) is 18.1 Å². The maximum Gasteiger partial charge on any atom is 0.294 e. The Morgan fingerprint density at radius 2 is 2.00 bits per heavy atom. The molecule has 1 aromatic carbocycles. The third kappa shape index (κ3) is 3.41. The molecule has 0 atom stereocenters. The van der Waals surface area contributed by atoms with Crippen LogP contribution in [-0.4, -0.2) is 29.2 Å². The van der Waals surface area contributed by atoms with Crippen LogP contribution in [0.25, 0.3) is 6.08 Å². The van der Waals surface area contributed by atoms with Gasteiger partial charge in [-0.1, -0.05) is 29.1 Å². The first-order valence-corrected chi connectivity index (χ1v) is 7.85. The van der Waals surface area contributed by atoms with E-state index in [1.54, 1.807) is 18.2 Å². The Hall–Kier alpha value is -1.61. The second kappa shape index (κ2) is 7.10. The minimum Gasteiger partial charge on any atom is -0.491 e. The molecule has 1 aliphatic heterocycles. The van der Waals surface area contributed by atoms with Crippen LogP contribution in [0.3, 0.4) is 0 Å². The molecule has 2 amide bonds. The van der Waals surface area contributed by atoms with E-state index in [1.165, 1.54) is 0 Å². The highest BCUT2D eigenvalue weighted by molar-refractivity contribution is 8.18. The second-order valence-electron chi connectivity index (χ2n) is 4.22. The number of imide groups is 1. The van der Waals surface area contributed by atoms with Gasteiger partial charge in [0.25, 0.3) is 11.1 Å². The summed E-state index contributed by atoms with van der Waals surface area (Å²) in [5.74, 6) is 2.25. The second-order valence-corrected chi connectivity index (χ2v) is 6.03. The van der Waals surface area contributed by atoms with E-state index >= 15 is 0 Å². The summed E-state index contributed by atoms with van der Waals surface area (Å²) in [6, 6.07) is 3.24. The minimum absolute atomic E-state index is 0.0488. The van der Waals surface area contributed by atoms with E-state index in [0.29, 0.717) is 28.0 Å². The molecule has 4 nitrogen and oxygen atoms in total. The zero-order valence-corrected chi connectivity index (χ0v) is 13.9. The molecule has 0 saturated carbocycles. The molecule has 0 aliphatic carbocycles.